The van der Waals surface area contributed by atoms with Gasteiger partial charge in [-0.05, 0) is 196 Å². The van der Waals surface area contributed by atoms with Gasteiger partial charge in [-0.3, -0.25) is 13.2 Å². The monoisotopic (exact) mass is 1900 g/mol. The summed E-state index contributed by atoms with van der Waals surface area (Å²) in [7, 11) is 0. The molecule has 0 saturated heterocycles. The van der Waals surface area contributed by atoms with Crippen molar-refractivity contribution in [3.8, 4) is 0 Å². The summed E-state index contributed by atoms with van der Waals surface area (Å²) in [4.78, 5) is 33.8. The van der Waals surface area contributed by atoms with Crippen molar-refractivity contribution in [2.75, 3.05) is 0 Å². The number of hydrogen-bond donors (Lipinski definition) is 0. The first-order valence-corrected chi connectivity index (χ1v) is 51.0. The second-order valence-electron chi connectivity index (χ2n) is 38.9. The Labute approximate surface area is 844 Å². The number of rotatable bonds is 0. The van der Waals surface area contributed by atoms with Crippen LogP contribution in [0.5, 0.6) is 0 Å². The van der Waals surface area contributed by atoms with Crippen molar-refractivity contribution in [3.63, 3.8) is 0 Å². The molecule has 0 aliphatic carbocycles. The van der Waals surface area contributed by atoms with Crippen LogP contribution in [0.1, 0.15) is 0 Å². The predicted octanol–water partition coefficient (Wildman–Crippen LogP) is 35.5. The zero-order chi connectivity index (χ0) is 96.6. The molecule has 12 nitrogen and oxygen atoms in total. The molecule has 15 aromatic heterocycles. The number of fused-ring (bicyclic) bond motifs is 57. The molecule has 0 atom stereocenters. The molecule has 15 heterocycles. The van der Waals surface area contributed by atoms with Crippen molar-refractivity contribution < 1.29 is 0 Å². The van der Waals surface area contributed by atoms with Gasteiger partial charge in [0.2, 0.25) is 0 Å². The minimum Gasteiger partial charge on any atom is -0.309 e. The van der Waals surface area contributed by atoms with Gasteiger partial charge in [-0.25, -0.2) is 34.9 Å². The van der Waals surface area contributed by atoms with Gasteiger partial charge in [0.25, 0.3) is 0 Å². The molecule has 21 aromatic carbocycles. The maximum absolute atomic E-state index is 5.12. The number of hydrogen-bond acceptors (Lipinski definition) is 8. The van der Waals surface area contributed by atoms with Gasteiger partial charge in [-0.15, -0.1) is 11.3 Å². The predicted molar refractivity (Wildman–Crippen MR) is 625 cm³/mol. The lowest BCUT2D eigenvalue weighted by Crippen LogP contribution is -1.99. The summed E-state index contributed by atoms with van der Waals surface area (Å²) in [5.41, 5.74) is 23.1. The number of aromatic nitrogens is 12. The van der Waals surface area contributed by atoms with E-state index in [1.54, 1.807) is 12.4 Å². The van der Waals surface area contributed by atoms with Crippen molar-refractivity contribution in [1.82, 2.24) is 56.9 Å². The molecule has 0 aliphatic rings. The minimum absolute atomic E-state index is 0.555. The molecule has 0 radical (unpaired) electrons. The van der Waals surface area contributed by atoms with Crippen LogP contribution in [0.25, 0.3) is 309 Å². The van der Waals surface area contributed by atoms with Crippen LogP contribution >= 0.6 is 11.3 Å². The average molecular weight is 1900 g/mol. The number of benzene rings is 21. The number of para-hydroxylation sites is 8. The second kappa shape index (κ2) is 31.9. The lowest BCUT2D eigenvalue weighted by Gasteiger charge is -2.13. The van der Waals surface area contributed by atoms with Gasteiger partial charge >= 0.3 is 0 Å². The van der Waals surface area contributed by atoms with Crippen LogP contribution in [-0.4, -0.2) is 56.9 Å². The third kappa shape index (κ3) is 12.2. The van der Waals surface area contributed by atoms with Crippen LogP contribution in [-0.2, 0) is 0 Å². The normalized spacial score (nSPS) is 12.2. The zero-order valence-corrected chi connectivity index (χ0v) is 80.1. The Morgan fingerprint density at radius 3 is 0.912 bits per heavy atom. The van der Waals surface area contributed by atoms with Gasteiger partial charge in [-0.2, -0.15) is 0 Å². The van der Waals surface area contributed by atoms with Crippen molar-refractivity contribution >= 4 is 321 Å². The molecule has 36 aromatic rings. The summed E-state index contributed by atoms with van der Waals surface area (Å²) < 4.78 is 14.5. The fourth-order valence-electron chi connectivity index (χ4n) is 24.4. The molecule has 0 spiro atoms. The molecule has 36 rings (SSSR count). The van der Waals surface area contributed by atoms with Gasteiger partial charge < -0.3 is 8.80 Å². The molecular formula is C135H78N12S. The SMILES string of the molecule is c1ccc2c(c1)ccc1c3cc4sc5ccccc5c4cc3n3c4ccccc4cc3c21.c1ccc2c(c1)ccc1c3nc4ccccc4nc3n3c4ccccc4cc3c21.c1ccc2c(c1)ccc1c3nc4nccnc4nc3n3c4ccccc4cc3c21.c1ccc2cc3c(cc2c1)c1ccc2ccccc2c1c1cc2ccccc2n31.c1ccc2nc3c(cc2c1)c1ccc2ccccc2c1c1cc2ccccc2n13. The van der Waals surface area contributed by atoms with E-state index < -0.39 is 0 Å². The lowest BCUT2D eigenvalue weighted by molar-refractivity contribution is 1.17. The Morgan fingerprint density at radius 1 is 0.149 bits per heavy atom. The third-order valence-corrected chi connectivity index (χ3v) is 32.0. The van der Waals surface area contributed by atoms with Crippen molar-refractivity contribution in [3.05, 3.63) is 473 Å². The summed E-state index contributed by atoms with van der Waals surface area (Å²) in [5.74, 6) is 0. The van der Waals surface area contributed by atoms with Gasteiger partial charge in [0.15, 0.2) is 22.6 Å². The third-order valence-electron chi connectivity index (χ3n) is 30.9. The molecule has 684 valence electrons. The molecule has 13 heteroatoms. The van der Waals surface area contributed by atoms with Gasteiger partial charge in [-0.1, -0.05) is 346 Å². The Hall–Kier alpha value is -19.7. The molecule has 148 heavy (non-hydrogen) atoms. The summed E-state index contributed by atoms with van der Waals surface area (Å²) >= 11 is 1.89. The van der Waals surface area contributed by atoms with E-state index in [0.29, 0.717) is 11.3 Å². The fraction of sp³-hybridized carbons (Fsp3) is 0. The Balaban J connectivity index is 0.0000000821. The number of pyridine rings is 6. The Bertz CT molecular complexity index is 11200. The van der Waals surface area contributed by atoms with Gasteiger partial charge in [0.1, 0.15) is 16.7 Å². The molecule has 0 aliphatic heterocycles. The van der Waals surface area contributed by atoms with Crippen molar-refractivity contribution in [1.29, 1.82) is 0 Å². The standard InChI is InChI=1S/C30H17NS.C28H17N.C27H16N2.C26H15N3.C24H13N5/c1-3-9-20-18(7-1)13-14-22-23-17-29-24(21-10-4-6-12-28(21)32-29)16-26(23)31-25-11-5-2-8-19(25)15-27(31)30(20)22;1-2-9-20-16-26-24(15-19(20)8-1)23-14-13-18-7-3-5-11-22(18)28(23)27-17-21-10-4-6-12-25(21)29(26)27;1-4-10-20-17(7-1)13-14-21-22-15-18-8-2-5-11-23(18)28-27(22)29-24-12-6-3-9-19(24)16-25(29)26(20)21;1-3-9-18-16(7-1)13-14-19-24(18)23-15-17-8-2-6-12-22(17)29(23)26-25(19)27-20-10-4-5-11-21(20)28-26;1-3-7-16-14(5-1)9-10-17-20(16)19-13-15-6-2-4-8-18(15)29(19)24-21(17)27-22-23(28-24)26-12-11-25-22/h1-17H;1-17H;1-16H;1-15H;1-13H. The molecule has 0 amide bonds. The van der Waals surface area contributed by atoms with E-state index in [0.717, 1.165) is 71.8 Å². The lowest BCUT2D eigenvalue weighted by atomic mass is 9.97. The van der Waals surface area contributed by atoms with E-state index >= 15 is 0 Å². The minimum atomic E-state index is 0.555. The van der Waals surface area contributed by atoms with E-state index in [1.165, 1.54) is 226 Å². The molecular weight excluding hydrogens is 1820 g/mol. The van der Waals surface area contributed by atoms with Gasteiger partial charge in [0.05, 0.1) is 82.8 Å². The first-order valence-electron chi connectivity index (χ1n) is 50.2. The highest BCUT2D eigenvalue weighted by Crippen LogP contribution is 2.48. The molecule has 0 unspecified atom stereocenters. The molecule has 0 bridgehead atoms. The van der Waals surface area contributed by atoms with Crippen molar-refractivity contribution in [2.24, 2.45) is 0 Å². The second-order valence-corrected chi connectivity index (χ2v) is 40.0. The van der Waals surface area contributed by atoms with E-state index in [1.807, 2.05) is 35.6 Å². The largest absolute Gasteiger partial charge is 0.309 e. The fourth-order valence-corrected chi connectivity index (χ4v) is 25.5. The smallest absolute Gasteiger partial charge is 0.199 e. The molecule has 0 fully saturated rings. The maximum Gasteiger partial charge on any atom is 0.199 e. The van der Waals surface area contributed by atoms with Crippen LogP contribution < -0.4 is 0 Å². The first kappa shape index (κ1) is 81.9. The highest BCUT2D eigenvalue weighted by Gasteiger charge is 2.25. The van der Waals surface area contributed by atoms with Gasteiger partial charge in [0, 0.05) is 119 Å². The summed E-state index contributed by atoms with van der Waals surface area (Å²) in [5, 5.41) is 41.6. The van der Waals surface area contributed by atoms with E-state index in [4.69, 9.17) is 24.9 Å². The van der Waals surface area contributed by atoms with Crippen LogP contribution in [0.2, 0.25) is 0 Å². The Morgan fingerprint density at radius 2 is 0.446 bits per heavy atom. The topological polar surface area (TPSA) is 112 Å². The summed E-state index contributed by atoms with van der Waals surface area (Å²) in [6, 6.07) is 166. The van der Waals surface area contributed by atoms with Crippen LogP contribution in [0.3, 0.4) is 0 Å². The first-order chi connectivity index (χ1) is 73.4. The molecule has 0 saturated carbocycles. The highest BCUT2D eigenvalue weighted by molar-refractivity contribution is 7.26. The van der Waals surface area contributed by atoms with Crippen molar-refractivity contribution in [2.45, 2.75) is 0 Å². The van der Waals surface area contributed by atoms with E-state index in [9.17, 15) is 0 Å². The van der Waals surface area contributed by atoms with Crippen LogP contribution in [0, 0.1) is 0 Å². The zero-order valence-electron chi connectivity index (χ0n) is 79.3. The molecule has 0 N–H and O–H groups in total. The Kier molecular flexibility index (Phi) is 17.6. The maximum atomic E-state index is 5.12. The average Bonchev–Trinajstić information content (AvgIpc) is 1.52. The highest BCUT2D eigenvalue weighted by atomic mass is 32.1. The number of nitrogens with zero attached hydrogens (tertiary/aromatic N) is 12. The van der Waals surface area contributed by atoms with Crippen LogP contribution in [0.15, 0.2) is 473 Å². The number of thiophene rings is 1. The quantitative estimate of drug-likeness (QED) is 0.110. The van der Waals surface area contributed by atoms with E-state index in [-0.39, 0.29) is 0 Å². The van der Waals surface area contributed by atoms with E-state index in [2.05, 4.69) is 469 Å². The summed E-state index contributed by atoms with van der Waals surface area (Å²) in [6.45, 7) is 0. The van der Waals surface area contributed by atoms with Crippen LogP contribution in [0.4, 0.5) is 0 Å². The summed E-state index contributed by atoms with van der Waals surface area (Å²) in [6.07, 6.45) is 3.31.